The second-order valence-corrected chi connectivity index (χ2v) is 12.6. The quantitative estimate of drug-likeness (QED) is 0.183. The molecule has 0 spiro atoms. The van der Waals surface area contributed by atoms with E-state index in [4.69, 9.17) is 4.74 Å². The van der Waals surface area contributed by atoms with Gasteiger partial charge in [0.1, 0.15) is 17.1 Å². The summed E-state index contributed by atoms with van der Waals surface area (Å²) in [6.07, 6.45) is 1.68. The molecule has 1 aliphatic carbocycles. The molecular formula is C36H38FN5O3. The summed E-state index contributed by atoms with van der Waals surface area (Å²) in [4.78, 5) is 25.8. The molecule has 3 aromatic carbocycles. The largest absolute Gasteiger partial charge is 0.444 e. The van der Waals surface area contributed by atoms with Gasteiger partial charge in [-0.25, -0.2) is 13.9 Å². The minimum absolute atomic E-state index is 0.154. The number of carbonyl (C=O) groups is 2. The van der Waals surface area contributed by atoms with E-state index in [0.29, 0.717) is 28.6 Å². The van der Waals surface area contributed by atoms with Crippen LogP contribution in [0.1, 0.15) is 83.7 Å². The average molecular weight is 608 g/mol. The lowest BCUT2D eigenvalue weighted by atomic mass is 9.94. The van der Waals surface area contributed by atoms with Gasteiger partial charge >= 0.3 is 6.09 Å². The molecule has 4 aromatic rings. The zero-order chi connectivity index (χ0) is 32.1. The Labute approximate surface area is 263 Å². The summed E-state index contributed by atoms with van der Waals surface area (Å²) in [6, 6.07) is 23.3. The highest BCUT2D eigenvalue weighted by Crippen LogP contribution is 2.31. The molecule has 5 rings (SSSR count). The van der Waals surface area contributed by atoms with Crippen LogP contribution in [-0.4, -0.2) is 33.8 Å². The van der Waals surface area contributed by atoms with Crippen molar-refractivity contribution in [1.29, 1.82) is 5.26 Å². The lowest BCUT2D eigenvalue weighted by Crippen LogP contribution is -2.32. The van der Waals surface area contributed by atoms with Gasteiger partial charge in [0.2, 0.25) is 0 Å². The number of Topliss-reactive ketones (excluding diaryl/α,β-unsaturated/α-hetero) is 1. The molecule has 1 fully saturated rings. The first-order valence-corrected chi connectivity index (χ1v) is 15.2. The highest BCUT2D eigenvalue weighted by Gasteiger charge is 2.25. The molecule has 0 aliphatic heterocycles. The number of hydrogen-bond donors (Lipinski definition) is 2. The number of carbonyl (C=O) groups excluding carboxylic acids is 2. The third-order valence-electron chi connectivity index (χ3n) is 7.52. The summed E-state index contributed by atoms with van der Waals surface area (Å²) in [6.45, 7) is 8.25. The van der Waals surface area contributed by atoms with E-state index in [0.717, 1.165) is 23.2 Å². The van der Waals surface area contributed by atoms with Crippen molar-refractivity contribution < 1.29 is 18.7 Å². The number of hydrogen-bond acceptors (Lipinski definition) is 6. The Hall–Kier alpha value is -4.81. The van der Waals surface area contributed by atoms with E-state index in [-0.39, 0.29) is 30.4 Å². The topological polar surface area (TPSA) is 109 Å². The molecule has 0 bridgehead atoms. The minimum atomic E-state index is -0.608. The summed E-state index contributed by atoms with van der Waals surface area (Å²) in [7, 11) is 0. The van der Waals surface area contributed by atoms with E-state index in [2.05, 4.69) is 21.8 Å². The maximum atomic E-state index is 15.2. The molecule has 232 valence electrons. The highest BCUT2D eigenvalue weighted by atomic mass is 19.1. The number of nitrogens with zero attached hydrogens (tertiary/aromatic N) is 3. The van der Waals surface area contributed by atoms with Crippen molar-refractivity contribution in [3.63, 3.8) is 0 Å². The van der Waals surface area contributed by atoms with E-state index in [1.54, 1.807) is 56.6 Å². The van der Waals surface area contributed by atoms with Crippen LogP contribution in [0.2, 0.25) is 0 Å². The summed E-state index contributed by atoms with van der Waals surface area (Å²) >= 11 is 0. The van der Waals surface area contributed by atoms with Gasteiger partial charge in [-0.1, -0.05) is 36.4 Å². The fraction of sp³-hybridized carbons (Fsp3) is 0.333. The van der Waals surface area contributed by atoms with Gasteiger partial charge < -0.3 is 15.4 Å². The first kappa shape index (κ1) is 31.6. The fourth-order valence-electron chi connectivity index (χ4n) is 5.18. The van der Waals surface area contributed by atoms with Gasteiger partial charge in [0.15, 0.2) is 5.78 Å². The fourth-order valence-corrected chi connectivity index (χ4v) is 5.18. The van der Waals surface area contributed by atoms with Crippen molar-refractivity contribution in [2.24, 2.45) is 5.92 Å². The van der Waals surface area contributed by atoms with Gasteiger partial charge in [-0.2, -0.15) is 10.4 Å². The monoisotopic (exact) mass is 607 g/mol. The predicted molar refractivity (Wildman–Crippen MR) is 170 cm³/mol. The number of aryl methyl sites for hydroxylation is 1. The van der Waals surface area contributed by atoms with Crippen molar-refractivity contribution in [3.8, 4) is 11.8 Å². The van der Waals surface area contributed by atoms with Gasteiger partial charge in [-0.15, -0.1) is 0 Å². The Morgan fingerprint density at radius 2 is 1.82 bits per heavy atom. The van der Waals surface area contributed by atoms with Crippen LogP contribution in [-0.2, 0) is 17.7 Å². The van der Waals surface area contributed by atoms with E-state index in [1.807, 2.05) is 42.5 Å². The summed E-state index contributed by atoms with van der Waals surface area (Å²) in [5, 5.41) is 20.4. The van der Waals surface area contributed by atoms with Crippen LogP contribution >= 0.6 is 0 Å². The standard InChI is InChI=1S/C36H38FN5O3/c1-23-15-32(42(41-23)30-10-6-8-26(17-30)22-40-35(44)45-36(2,3)4)33(43)19-29-18-28(13-14-31(29)37)34(39-21-24-11-12-24)27-9-5-7-25(16-27)20-38/h5-10,13-18,24,34,39H,11-12,19,21-22H2,1-4H3,(H,40,44). The van der Waals surface area contributed by atoms with E-state index < -0.39 is 17.5 Å². The lowest BCUT2D eigenvalue weighted by molar-refractivity contribution is 0.0523. The van der Waals surface area contributed by atoms with Crippen LogP contribution in [0.4, 0.5) is 9.18 Å². The number of halogens is 1. The minimum Gasteiger partial charge on any atom is -0.444 e. The molecule has 1 saturated carbocycles. The van der Waals surface area contributed by atoms with Gasteiger partial charge in [-0.05, 0) is 112 Å². The second-order valence-electron chi connectivity index (χ2n) is 12.6. The van der Waals surface area contributed by atoms with Gasteiger partial charge in [-0.3, -0.25) is 4.79 Å². The Morgan fingerprint density at radius 3 is 2.56 bits per heavy atom. The number of benzene rings is 3. The van der Waals surface area contributed by atoms with Gasteiger partial charge in [0.05, 0.1) is 29.1 Å². The van der Waals surface area contributed by atoms with Crippen molar-refractivity contribution in [2.45, 2.75) is 65.1 Å². The molecule has 0 saturated heterocycles. The number of aromatic nitrogens is 2. The predicted octanol–water partition coefficient (Wildman–Crippen LogP) is 6.73. The molecule has 1 heterocycles. The van der Waals surface area contributed by atoms with Crippen LogP contribution in [0, 0.1) is 30.0 Å². The summed E-state index contributed by atoms with van der Waals surface area (Å²) < 4.78 is 22.1. The number of alkyl carbamates (subject to hydrolysis) is 1. The summed E-state index contributed by atoms with van der Waals surface area (Å²) in [5.74, 6) is -0.127. The first-order valence-electron chi connectivity index (χ1n) is 15.2. The molecule has 9 heteroatoms. The Morgan fingerprint density at radius 1 is 1.07 bits per heavy atom. The van der Waals surface area contributed by atoms with Crippen LogP contribution in [0.25, 0.3) is 5.69 Å². The maximum Gasteiger partial charge on any atom is 0.407 e. The van der Waals surface area contributed by atoms with Crippen LogP contribution < -0.4 is 10.6 Å². The molecular weight excluding hydrogens is 569 g/mol. The Balaban J connectivity index is 1.37. The van der Waals surface area contributed by atoms with E-state index in [9.17, 15) is 14.9 Å². The van der Waals surface area contributed by atoms with Crippen LogP contribution in [0.5, 0.6) is 0 Å². The first-order chi connectivity index (χ1) is 21.5. The number of rotatable bonds is 11. The zero-order valence-electron chi connectivity index (χ0n) is 26.1. The summed E-state index contributed by atoms with van der Waals surface area (Å²) in [5.41, 5.74) is 4.39. The Kier molecular flexibility index (Phi) is 9.45. The molecule has 1 aromatic heterocycles. The molecule has 8 nitrogen and oxygen atoms in total. The van der Waals surface area contributed by atoms with Crippen molar-refractivity contribution in [3.05, 3.63) is 118 Å². The Bertz CT molecular complexity index is 1750. The maximum absolute atomic E-state index is 15.2. The number of amides is 1. The normalized spacial score (nSPS) is 13.6. The molecule has 0 radical (unpaired) electrons. The molecule has 1 atom stereocenters. The second kappa shape index (κ2) is 13.4. The van der Waals surface area contributed by atoms with Crippen LogP contribution in [0.15, 0.2) is 72.8 Å². The molecule has 1 amide bonds. The van der Waals surface area contributed by atoms with Crippen molar-refractivity contribution >= 4 is 11.9 Å². The zero-order valence-corrected chi connectivity index (χ0v) is 26.1. The highest BCUT2D eigenvalue weighted by molar-refractivity contribution is 5.96. The number of ether oxygens (including phenoxy) is 1. The molecule has 1 unspecified atom stereocenters. The third kappa shape index (κ3) is 8.43. The molecule has 1 aliphatic rings. The van der Waals surface area contributed by atoms with E-state index >= 15 is 4.39 Å². The van der Waals surface area contributed by atoms with Crippen LogP contribution in [0.3, 0.4) is 0 Å². The van der Waals surface area contributed by atoms with Gasteiger partial charge in [0, 0.05) is 13.0 Å². The van der Waals surface area contributed by atoms with Crippen molar-refractivity contribution in [1.82, 2.24) is 20.4 Å². The SMILES string of the molecule is Cc1cc(C(=O)Cc2cc(C(NCC3CC3)c3cccc(C#N)c3)ccc2F)n(-c2cccc(CNC(=O)OC(C)(C)C)c2)n1. The average Bonchev–Trinajstić information content (AvgIpc) is 3.75. The number of nitrogens with one attached hydrogen (secondary N) is 2. The number of nitriles is 1. The van der Waals surface area contributed by atoms with Crippen molar-refractivity contribution in [2.75, 3.05) is 6.54 Å². The smallest absolute Gasteiger partial charge is 0.407 e. The molecule has 45 heavy (non-hydrogen) atoms. The lowest BCUT2D eigenvalue weighted by Gasteiger charge is -2.21. The van der Waals surface area contributed by atoms with E-state index in [1.165, 1.54) is 18.9 Å². The molecule has 2 N–H and O–H groups in total. The number of ketones is 1. The van der Waals surface area contributed by atoms with Gasteiger partial charge in [0.25, 0.3) is 0 Å². The third-order valence-corrected chi connectivity index (χ3v) is 7.52.